The first-order chi connectivity index (χ1) is 10.3. The molecule has 3 heteroatoms. The van der Waals surface area contributed by atoms with E-state index in [2.05, 4.69) is 35.5 Å². The van der Waals surface area contributed by atoms with Crippen molar-refractivity contribution in [3.05, 3.63) is 21.9 Å². The standard InChI is InChI=1S/C18H30N2S/c1-3-19-17(16-13-15(2)21-14-16)18(9-5-6-10-18)20-11-7-4-8-12-20/h13-14,17,19H,3-12H2,1-2H3. The number of rotatable bonds is 5. The van der Waals surface area contributed by atoms with Crippen molar-refractivity contribution in [3.63, 3.8) is 0 Å². The van der Waals surface area contributed by atoms with E-state index in [4.69, 9.17) is 0 Å². The lowest BCUT2D eigenvalue weighted by molar-refractivity contribution is 0.0366. The van der Waals surface area contributed by atoms with Gasteiger partial charge in [0.2, 0.25) is 0 Å². The fourth-order valence-corrected chi connectivity index (χ4v) is 5.28. The first-order valence-corrected chi connectivity index (χ1v) is 9.68. The number of nitrogens with one attached hydrogen (secondary N) is 1. The number of thiophene rings is 1. The molecular formula is C18H30N2S. The molecule has 0 radical (unpaired) electrons. The van der Waals surface area contributed by atoms with E-state index in [0.717, 1.165) is 6.54 Å². The Morgan fingerprint density at radius 2 is 1.90 bits per heavy atom. The molecule has 2 aliphatic rings. The zero-order chi connectivity index (χ0) is 14.7. The van der Waals surface area contributed by atoms with Gasteiger partial charge in [0, 0.05) is 10.4 Å². The number of likely N-dealkylation sites (N-methyl/N-ethyl adjacent to an activating group) is 1. The molecule has 118 valence electrons. The highest BCUT2D eigenvalue weighted by molar-refractivity contribution is 7.10. The molecule has 1 atom stereocenters. The van der Waals surface area contributed by atoms with Gasteiger partial charge in [0.15, 0.2) is 0 Å². The zero-order valence-electron chi connectivity index (χ0n) is 13.7. The molecule has 0 spiro atoms. The fourth-order valence-electron chi connectivity index (χ4n) is 4.55. The van der Waals surface area contributed by atoms with Crippen molar-refractivity contribution >= 4 is 11.3 Å². The summed E-state index contributed by atoms with van der Waals surface area (Å²) in [5.74, 6) is 0. The van der Waals surface area contributed by atoms with Crippen LogP contribution in [0.15, 0.2) is 11.4 Å². The van der Waals surface area contributed by atoms with Crippen LogP contribution in [0.25, 0.3) is 0 Å². The van der Waals surface area contributed by atoms with E-state index in [1.165, 1.54) is 68.5 Å². The third-order valence-electron chi connectivity index (χ3n) is 5.48. The van der Waals surface area contributed by atoms with Gasteiger partial charge in [-0.2, -0.15) is 0 Å². The Labute approximate surface area is 133 Å². The molecule has 1 aromatic rings. The second-order valence-corrected chi connectivity index (χ2v) is 7.96. The molecule has 21 heavy (non-hydrogen) atoms. The Morgan fingerprint density at radius 1 is 1.19 bits per heavy atom. The van der Waals surface area contributed by atoms with Crippen molar-refractivity contribution in [3.8, 4) is 0 Å². The summed E-state index contributed by atoms with van der Waals surface area (Å²) < 4.78 is 0. The minimum Gasteiger partial charge on any atom is -0.309 e. The van der Waals surface area contributed by atoms with E-state index in [9.17, 15) is 0 Å². The molecule has 0 amide bonds. The number of nitrogens with zero attached hydrogens (tertiary/aromatic N) is 1. The van der Waals surface area contributed by atoms with Crippen LogP contribution in [0.1, 0.15) is 68.4 Å². The van der Waals surface area contributed by atoms with Gasteiger partial charge < -0.3 is 5.32 Å². The average Bonchev–Trinajstić information content (AvgIpc) is 3.16. The second kappa shape index (κ2) is 6.80. The molecule has 1 aliphatic carbocycles. The maximum Gasteiger partial charge on any atom is 0.0515 e. The zero-order valence-corrected chi connectivity index (χ0v) is 14.5. The van der Waals surface area contributed by atoms with Crippen LogP contribution in [0.3, 0.4) is 0 Å². The summed E-state index contributed by atoms with van der Waals surface area (Å²) >= 11 is 1.90. The molecule has 2 fully saturated rings. The summed E-state index contributed by atoms with van der Waals surface area (Å²) in [6.45, 7) is 8.18. The highest BCUT2D eigenvalue weighted by Crippen LogP contribution is 2.46. The minimum absolute atomic E-state index is 0.379. The van der Waals surface area contributed by atoms with Gasteiger partial charge in [0.1, 0.15) is 0 Å². The van der Waals surface area contributed by atoms with Crippen LogP contribution < -0.4 is 5.32 Å². The van der Waals surface area contributed by atoms with E-state index in [1.807, 2.05) is 11.3 Å². The smallest absolute Gasteiger partial charge is 0.0515 e. The number of aryl methyl sites for hydroxylation is 1. The van der Waals surface area contributed by atoms with E-state index in [-0.39, 0.29) is 0 Å². The van der Waals surface area contributed by atoms with Crippen molar-refractivity contribution in [2.45, 2.75) is 70.4 Å². The molecule has 1 saturated carbocycles. The molecule has 2 heterocycles. The van der Waals surface area contributed by atoms with Gasteiger partial charge in [0.05, 0.1) is 6.04 Å². The molecule has 0 bridgehead atoms. The van der Waals surface area contributed by atoms with Crippen molar-refractivity contribution in [2.75, 3.05) is 19.6 Å². The Kier molecular flexibility index (Phi) is 5.03. The average molecular weight is 307 g/mol. The Morgan fingerprint density at radius 3 is 2.48 bits per heavy atom. The maximum absolute atomic E-state index is 3.86. The number of piperidine rings is 1. The lowest BCUT2D eigenvalue weighted by atomic mass is 9.81. The molecule has 2 nitrogen and oxygen atoms in total. The van der Waals surface area contributed by atoms with Gasteiger partial charge >= 0.3 is 0 Å². The van der Waals surface area contributed by atoms with Crippen molar-refractivity contribution in [1.82, 2.24) is 10.2 Å². The Balaban J connectivity index is 1.92. The summed E-state index contributed by atoms with van der Waals surface area (Å²) in [4.78, 5) is 4.30. The molecule has 3 rings (SSSR count). The van der Waals surface area contributed by atoms with Crippen molar-refractivity contribution < 1.29 is 0 Å². The minimum atomic E-state index is 0.379. The summed E-state index contributed by atoms with van der Waals surface area (Å²) in [5.41, 5.74) is 1.91. The van der Waals surface area contributed by atoms with Gasteiger partial charge in [-0.25, -0.2) is 0 Å². The van der Waals surface area contributed by atoms with E-state index >= 15 is 0 Å². The lowest BCUT2D eigenvalue weighted by Crippen LogP contribution is -2.56. The molecule has 1 aliphatic heterocycles. The Bertz CT molecular complexity index is 442. The van der Waals surface area contributed by atoms with Crippen LogP contribution in [0.2, 0.25) is 0 Å². The van der Waals surface area contributed by atoms with Crippen LogP contribution in [0.5, 0.6) is 0 Å². The molecule has 1 N–H and O–H groups in total. The molecule has 1 aromatic heterocycles. The van der Waals surface area contributed by atoms with Crippen LogP contribution in [-0.2, 0) is 0 Å². The van der Waals surface area contributed by atoms with Crippen LogP contribution in [-0.4, -0.2) is 30.1 Å². The summed E-state index contributed by atoms with van der Waals surface area (Å²) in [5, 5.41) is 6.25. The number of hydrogen-bond acceptors (Lipinski definition) is 3. The van der Waals surface area contributed by atoms with Gasteiger partial charge in [-0.3, -0.25) is 4.90 Å². The molecule has 1 unspecified atom stereocenters. The first-order valence-electron chi connectivity index (χ1n) is 8.80. The fraction of sp³-hybridized carbons (Fsp3) is 0.778. The summed E-state index contributed by atoms with van der Waals surface area (Å²) in [6, 6.07) is 2.94. The van der Waals surface area contributed by atoms with Crippen molar-refractivity contribution in [1.29, 1.82) is 0 Å². The number of likely N-dealkylation sites (tertiary alicyclic amines) is 1. The summed E-state index contributed by atoms with van der Waals surface area (Å²) in [7, 11) is 0. The summed E-state index contributed by atoms with van der Waals surface area (Å²) in [6.07, 6.45) is 9.77. The third kappa shape index (κ3) is 3.06. The third-order valence-corrected chi connectivity index (χ3v) is 6.36. The van der Waals surface area contributed by atoms with E-state index < -0.39 is 0 Å². The highest BCUT2D eigenvalue weighted by Gasteiger charge is 2.46. The van der Waals surface area contributed by atoms with Crippen LogP contribution >= 0.6 is 11.3 Å². The highest BCUT2D eigenvalue weighted by atomic mass is 32.1. The van der Waals surface area contributed by atoms with E-state index in [1.54, 1.807) is 0 Å². The van der Waals surface area contributed by atoms with Gasteiger partial charge in [-0.15, -0.1) is 11.3 Å². The quantitative estimate of drug-likeness (QED) is 0.861. The van der Waals surface area contributed by atoms with E-state index in [0.29, 0.717) is 11.6 Å². The second-order valence-electron chi connectivity index (χ2n) is 6.84. The first kappa shape index (κ1) is 15.5. The monoisotopic (exact) mass is 306 g/mol. The lowest BCUT2D eigenvalue weighted by Gasteiger charge is -2.48. The predicted molar refractivity (Wildman–Crippen MR) is 92.1 cm³/mol. The predicted octanol–water partition coefficient (Wildman–Crippen LogP) is 4.51. The Hall–Kier alpha value is -0.380. The van der Waals surface area contributed by atoms with Gasteiger partial charge in [0.25, 0.3) is 0 Å². The van der Waals surface area contributed by atoms with Gasteiger partial charge in [-0.05, 0) is 69.3 Å². The van der Waals surface area contributed by atoms with Crippen molar-refractivity contribution in [2.24, 2.45) is 0 Å². The maximum atomic E-state index is 3.86. The van der Waals surface area contributed by atoms with Crippen LogP contribution in [0, 0.1) is 6.92 Å². The largest absolute Gasteiger partial charge is 0.309 e. The molecule has 1 saturated heterocycles. The molecule has 0 aromatic carbocycles. The normalized spacial score (nSPS) is 24.3. The number of hydrogen-bond donors (Lipinski definition) is 1. The topological polar surface area (TPSA) is 15.3 Å². The van der Waals surface area contributed by atoms with Crippen LogP contribution in [0.4, 0.5) is 0 Å². The SMILES string of the molecule is CCNC(c1csc(C)c1)C1(N2CCCCC2)CCCC1. The molecular weight excluding hydrogens is 276 g/mol. The van der Waals surface area contributed by atoms with Gasteiger partial charge in [-0.1, -0.05) is 26.2 Å².